The topological polar surface area (TPSA) is 67.2 Å². The molecule has 4 rings (SSSR count). The van der Waals surface area contributed by atoms with Gasteiger partial charge in [-0.25, -0.2) is 0 Å². The van der Waals surface area contributed by atoms with E-state index in [0.717, 1.165) is 12.8 Å². The van der Waals surface area contributed by atoms with Crippen molar-refractivity contribution in [2.75, 3.05) is 18.9 Å². The Bertz CT molecular complexity index is 653. The van der Waals surface area contributed by atoms with Gasteiger partial charge < -0.3 is 10.2 Å². The molecule has 2 bridgehead atoms. The van der Waals surface area contributed by atoms with E-state index in [1.165, 1.54) is 12.8 Å². The van der Waals surface area contributed by atoms with Gasteiger partial charge >= 0.3 is 0 Å². The van der Waals surface area contributed by atoms with Gasteiger partial charge in [-0.15, -0.1) is 0 Å². The molecule has 6 heteroatoms. The van der Waals surface area contributed by atoms with Crippen LogP contribution in [0.15, 0.2) is 6.07 Å². The van der Waals surface area contributed by atoms with Crippen LogP contribution in [-0.2, 0) is 11.3 Å². The predicted molar refractivity (Wildman–Crippen MR) is 81.4 cm³/mol. The molecular formula is C16H22N4O2. The Hall–Kier alpha value is -1.85. The number of likely N-dealkylation sites (N-methyl/N-ethyl adjacent to an activating group) is 1. The number of fused-ring (bicyclic) bond motifs is 3. The Kier molecular flexibility index (Phi) is 2.86. The molecule has 1 aromatic rings. The molecule has 2 amide bonds. The van der Waals surface area contributed by atoms with Gasteiger partial charge in [-0.2, -0.15) is 5.10 Å². The highest BCUT2D eigenvalue weighted by atomic mass is 16.2. The molecule has 3 unspecified atom stereocenters. The lowest BCUT2D eigenvalue weighted by atomic mass is 9.74. The van der Waals surface area contributed by atoms with E-state index in [9.17, 15) is 9.59 Å². The monoisotopic (exact) mass is 302 g/mol. The molecule has 6 nitrogen and oxygen atoms in total. The van der Waals surface area contributed by atoms with Gasteiger partial charge in [0.1, 0.15) is 5.69 Å². The second-order valence-corrected chi connectivity index (χ2v) is 7.32. The zero-order valence-corrected chi connectivity index (χ0v) is 13.1. The molecule has 1 aliphatic heterocycles. The van der Waals surface area contributed by atoms with Crippen molar-refractivity contribution >= 4 is 17.6 Å². The molecule has 118 valence electrons. The summed E-state index contributed by atoms with van der Waals surface area (Å²) < 4.78 is 1.70. The number of carbonyl (C=O) groups is 2. The van der Waals surface area contributed by atoms with Gasteiger partial charge in [0.25, 0.3) is 5.91 Å². The summed E-state index contributed by atoms with van der Waals surface area (Å²) in [5.41, 5.74) is 0.288. The molecular weight excluding hydrogens is 280 g/mol. The summed E-state index contributed by atoms with van der Waals surface area (Å²) in [4.78, 5) is 26.5. The fourth-order valence-corrected chi connectivity index (χ4v) is 4.50. The van der Waals surface area contributed by atoms with Crippen LogP contribution < -0.4 is 5.32 Å². The lowest BCUT2D eigenvalue weighted by Gasteiger charge is -2.32. The minimum Gasteiger partial charge on any atom is -0.339 e. The number of anilines is 1. The average Bonchev–Trinajstić information content (AvgIpc) is 3.17. The second-order valence-electron chi connectivity index (χ2n) is 7.32. The van der Waals surface area contributed by atoms with Crippen LogP contribution in [0.1, 0.15) is 43.1 Å². The molecule has 0 spiro atoms. The van der Waals surface area contributed by atoms with Crippen molar-refractivity contribution in [1.29, 1.82) is 0 Å². The molecule has 0 saturated heterocycles. The summed E-state index contributed by atoms with van der Waals surface area (Å²) in [6.45, 7) is 3.42. The summed E-state index contributed by atoms with van der Waals surface area (Å²) in [6.07, 6.45) is 4.61. The number of hydrogen-bond donors (Lipinski definition) is 1. The van der Waals surface area contributed by atoms with Crippen LogP contribution in [0.25, 0.3) is 0 Å². The van der Waals surface area contributed by atoms with E-state index in [2.05, 4.69) is 17.3 Å². The standard InChI is InChI=1S/C16H22N4O2/c1-16(9-10-3-4-11(16)7-10)15(22)17-13-8-12-14(21)19(2)5-6-20(12)18-13/h8,10-11H,3-7,9H2,1-2H3,(H,17,18,22). The SMILES string of the molecule is CN1CCn2nc(NC(=O)C3(C)CC4CCC3C4)cc2C1=O. The number of amides is 2. The molecule has 3 aliphatic rings. The highest BCUT2D eigenvalue weighted by Gasteiger charge is 2.52. The largest absolute Gasteiger partial charge is 0.339 e. The Labute approximate surface area is 129 Å². The van der Waals surface area contributed by atoms with Crippen LogP contribution >= 0.6 is 0 Å². The van der Waals surface area contributed by atoms with E-state index in [-0.39, 0.29) is 17.2 Å². The van der Waals surface area contributed by atoms with Gasteiger partial charge in [0.05, 0.1) is 6.54 Å². The number of nitrogens with one attached hydrogen (secondary N) is 1. The number of rotatable bonds is 2. The van der Waals surface area contributed by atoms with E-state index in [1.54, 1.807) is 22.7 Å². The first-order valence-electron chi connectivity index (χ1n) is 8.12. The highest BCUT2D eigenvalue weighted by molar-refractivity contribution is 5.97. The number of hydrogen-bond acceptors (Lipinski definition) is 3. The van der Waals surface area contributed by atoms with Crippen LogP contribution in [0, 0.1) is 17.3 Å². The molecule has 2 aliphatic carbocycles. The third kappa shape index (κ3) is 1.89. The number of carbonyl (C=O) groups excluding carboxylic acids is 2. The number of nitrogens with zero attached hydrogens (tertiary/aromatic N) is 3. The maximum absolute atomic E-state index is 12.7. The molecule has 0 radical (unpaired) electrons. The van der Waals surface area contributed by atoms with Gasteiger partial charge in [-0.1, -0.05) is 13.3 Å². The van der Waals surface area contributed by atoms with Gasteiger partial charge in [0, 0.05) is 25.1 Å². The molecule has 1 N–H and O–H groups in total. The Morgan fingerprint density at radius 1 is 1.41 bits per heavy atom. The van der Waals surface area contributed by atoms with Crippen molar-refractivity contribution in [3.8, 4) is 0 Å². The summed E-state index contributed by atoms with van der Waals surface area (Å²) >= 11 is 0. The third-order valence-corrected chi connectivity index (χ3v) is 5.91. The van der Waals surface area contributed by atoms with Crippen molar-refractivity contribution in [1.82, 2.24) is 14.7 Å². The maximum atomic E-state index is 12.7. The van der Waals surface area contributed by atoms with Gasteiger partial charge in [0.15, 0.2) is 5.82 Å². The molecule has 2 fully saturated rings. The zero-order valence-electron chi connectivity index (χ0n) is 13.1. The summed E-state index contributed by atoms with van der Waals surface area (Å²) in [5, 5.41) is 7.34. The van der Waals surface area contributed by atoms with Crippen molar-refractivity contribution in [2.45, 2.75) is 39.2 Å². The van der Waals surface area contributed by atoms with Crippen LogP contribution in [0.3, 0.4) is 0 Å². The maximum Gasteiger partial charge on any atom is 0.272 e. The first kappa shape index (κ1) is 13.8. The van der Waals surface area contributed by atoms with Crippen molar-refractivity contribution in [3.63, 3.8) is 0 Å². The molecule has 1 aromatic heterocycles. The zero-order chi connectivity index (χ0) is 15.5. The highest BCUT2D eigenvalue weighted by Crippen LogP contribution is 2.56. The average molecular weight is 302 g/mol. The smallest absolute Gasteiger partial charge is 0.272 e. The Morgan fingerprint density at radius 3 is 2.91 bits per heavy atom. The van der Waals surface area contributed by atoms with Gasteiger partial charge in [0.2, 0.25) is 5.91 Å². The van der Waals surface area contributed by atoms with E-state index >= 15 is 0 Å². The predicted octanol–water partition coefficient (Wildman–Crippen LogP) is 1.73. The molecule has 2 heterocycles. The van der Waals surface area contributed by atoms with Crippen molar-refractivity contribution < 1.29 is 9.59 Å². The first-order chi connectivity index (χ1) is 10.5. The minimum absolute atomic E-state index is 0.0367. The normalized spacial score (nSPS) is 33.2. The Balaban J connectivity index is 1.54. The fourth-order valence-electron chi connectivity index (χ4n) is 4.50. The van der Waals surface area contributed by atoms with E-state index in [4.69, 9.17) is 0 Å². The van der Waals surface area contributed by atoms with Crippen molar-refractivity contribution in [2.24, 2.45) is 17.3 Å². The summed E-state index contributed by atoms with van der Waals surface area (Å²) in [5.74, 6) is 1.75. The summed E-state index contributed by atoms with van der Waals surface area (Å²) in [7, 11) is 1.79. The summed E-state index contributed by atoms with van der Waals surface area (Å²) in [6, 6.07) is 1.70. The molecule has 3 atom stereocenters. The fraction of sp³-hybridized carbons (Fsp3) is 0.688. The van der Waals surface area contributed by atoms with Crippen LogP contribution in [-0.4, -0.2) is 40.1 Å². The molecule has 0 aromatic carbocycles. The van der Waals surface area contributed by atoms with E-state index in [0.29, 0.717) is 36.4 Å². The van der Waals surface area contributed by atoms with E-state index < -0.39 is 0 Å². The second kappa shape index (κ2) is 4.57. The lowest BCUT2D eigenvalue weighted by molar-refractivity contribution is -0.127. The van der Waals surface area contributed by atoms with Crippen molar-refractivity contribution in [3.05, 3.63) is 11.8 Å². The first-order valence-corrected chi connectivity index (χ1v) is 8.12. The molecule has 2 saturated carbocycles. The van der Waals surface area contributed by atoms with Gasteiger partial charge in [-0.05, 0) is 31.1 Å². The van der Waals surface area contributed by atoms with Gasteiger partial charge in [-0.3, -0.25) is 14.3 Å². The van der Waals surface area contributed by atoms with Crippen LogP contribution in [0.4, 0.5) is 5.82 Å². The van der Waals surface area contributed by atoms with Crippen LogP contribution in [0.2, 0.25) is 0 Å². The van der Waals surface area contributed by atoms with E-state index in [1.807, 2.05) is 0 Å². The van der Waals surface area contributed by atoms with Crippen LogP contribution in [0.5, 0.6) is 0 Å². The number of aromatic nitrogens is 2. The lowest BCUT2D eigenvalue weighted by Crippen LogP contribution is -2.38. The Morgan fingerprint density at radius 2 is 2.23 bits per heavy atom. The third-order valence-electron chi connectivity index (χ3n) is 5.91. The molecule has 22 heavy (non-hydrogen) atoms. The quantitative estimate of drug-likeness (QED) is 0.904. The minimum atomic E-state index is -0.270.